The van der Waals surface area contributed by atoms with Gasteiger partial charge in [0.15, 0.2) is 0 Å². The van der Waals surface area contributed by atoms with Crippen LogP contribution in [-0.2, 0) is 0 Å². The van der Waals surface area contributed by atoms with Crippen LogP contribution in [0.25, 0.3) is 0 Å². The van der Waals surface area contributed by atoms with Crippen molar-refractivity contribution in [1.82, 2.24) is 0 Å². The number of unbranched alkanes of at least 4 members (excludes halogenated alkanes) is 5. The summed E-state index contributed by atoms with van der Waals surface area (Å²) in [5.74, 6) is 0. The monoisotopic (exact) mass is 276 g/mol. The standard InChI is InChI=1S/C16H24N2O2/c1-2-3-4-5-6-10-13-15(17-19)16(18-20)14-11-8-7-9-12-14/h7-9,11-12,19-20H,2-6,10,13H2,1H3/b17-15+,18-16-. The van der Waals surface area contributed by atoms with Crippen molar-refractivity contribution >= 4 is 11.4 Å². The quantitative estimate of drug-likeness (QED) is 0.303. The average Bonchev–Trinajstić information content (AvgIpc) is 2.50. The second-order valence-electron chi connectivity index (χ2n) is 4.88. The van der Waals surface area contributed by atoms with Gasteiger partial charge < -0.3 is 10.4 Å². The van der Waals surface area contributed by atoms with Crippen molar-refractivity contribution in [3.05, 3.63) is 35.9 Å². The molecule has 0 saturated carbocycles. The molecule has 0 bridgehead atoms. The molecule has 1 aromatic rings. The molecule has 2 N–H and O–H groups in total. The molecule has 4 nitrogen and oxygen atoms in total. The van der Waals surface area contributed by atoms with Crippen LogP contribution in [0.5, 0.6) is 0 Å². The highest BCUT2D eigenvalue weighted by atomic mass is 16.4. The second-order valence-corrected chi connectivity index (χ2v) is 4.88. The molecule has 0 heterocycles. The second kappa shape index (κ2) is 10.0. The Labute approximate surface area is 120 Å². The molecule has 0 radical (unpaired) electrons. The molecular weight excluding hydrogens is 252 g/mol. The Morgan fingerprint density at radius 3 is 2.15 bits per heavy atom. The molecule has 0 aromatic heterocycles. The van der Waals surface area contributed by atoms with Crippen LogP contribution in [0.3, 0.4) is 0 Å². The lowest BCUT2D eigenvalue weighted by Gasteiger charge is -2.07. The van der Waals surface area contributed by atoms with Gasteiger partial charge in [0.1, 0.15) is 11.4 Å². The van der Waals surface area contributed by atoms with Crippen LogP contribution in [0.4, 0.5) is 0 Å². The molecule has 110 valence electrons. The fraction of sp³-hybridized carbons (Fsp3) is 0.500. The third-order valence-electron chi connectivity index (χ3n) is 3.31. The number of hydrogen-bond acceptors (Lipinski definition) is 4. The van der Waals surface area contributed by atoms with Crippen LogP contribution in [-0.4, -0.2) is 21.8 Å². The minimum atomic E-state index is 0.349. The van der Waals surface area contributed by atoms with E-state index in [4.69, 9.17) is 10.4 Å². The van der Waals surface area contributed by atoms with Crippen LogP contribution >= 0.6 is 0 Å². The zero-order valence-corrected chi connectivity index (χ0v) is 12.1. The van der Waals surface area contributed by atoms with Crippen LogP contribution in [0, 0.1) is 0 Å². The molecule has 4 heteroatoms. The third-order valence-corrected chi connectivity index (χ3v) is 3.31. The van der Waals surface area contributed by atoms with Crippen molar-refractivity contribution in [3.63, 3.8) is 0 Å². The van der Waals surface area contributed by atoms with E-state index in [2.05, 4.69) is 17.2 Å². The van der Waals surface area contributed by atoms with Crippen molar-refractivity contribution < 1.29 is 10.4 Å². The third kappa shape index (κ3) is 5.43. The molecular formula is C16H24N2O2. The minimum Gasteiger partial charge on any atom is -0.411 e. The molecule has 0 aliphatic carbocycles. The van der Waals surface area contributed by atoms with Gasteiger partial charge in [0.25, 0.3) is 0 Å². The predicted molar refractivity (Wildman–Crippen MR) is 82.0 cm³/mol. The summed E-state index contributed by atoms with van der Waals surface area (Å²) in [5, 5.41) is 24.9. The maximum atomic E-state index is 9.15. The van der Waals surface area contributed by atoms with Crippen molar-refractivity contribution in [2.45, 2.75) is 51.9 Å². The summed E-state index contributed by atoms with van der Waals surface area (Å²) in [6.45, 7) is 2.19. The lowest BCUT2D eigenvalue weighted by Crippen LogP contribution is -2.16. The molecule has 20 heavy (non-hydrogen) atoms. The molecule has 0 fully saturated rings. The van der Waals surface area contributed by atoms with E-state index in [1.807, 2.05) is 30.3 Å². The van der Waals surface area contributed by atoms with Crippen molar-refractivity contribution in [1.29, 1.82) is 0 Å². The molecule has 0 aliphatic heterocycles. The highest BCUT2D eigenvalue weighted by Gasteiger charge is 2.12. The summed E-state index contributed by atoms with van der Waals surface area (Å²) in [6.07, 6.45) is 7.62. The van der Waals surface area contributed by atoms with Gasteiger partial charge in [0.2, 0.25) is 0 Å². The number of rotatable bonds is 9. The number of benzene rings is 1. The van der Waals surface area contributed by atoms with E-state index < -0.39 is 0 Å². The zero-order chi connectivity index (χ0) is 14.6. The predicted octanol–water partition coefficient (Wildman–Crippen LogP) is 4.45. The minimum absolute atomic E-state index is 0.349. The molecule has 0 saturated heterocycles. The van der Waals surface area contributed by atoms with Crippen molar-refractivity contribution in [3.8, 4) is 0 Å². The van der Waals surface area contributed by atoms with Crippen LogP contribution in [0.2, 0.25) is 0 Å². The summed E-state index contributed by atoms with van der Waals surface area (Å²) in [6, 6.07) is 9.28. The lowest BCUT2D eigenvalue weighted by atomic mass is 10.0. The molecule has 0 atom stereocenters. The Morgan fingerprint density at radius 2 is 1.55 bits per heavy atom. The first-order chi connectivity index (χ1) is 9.83. The average molecular weight is 276 g/mol. The van der Waals surface area contributed by atoms with Gasteiger partial charge >= 0.3 is 0 Å². The smallest absolute Gasteiger partial charge is 0.134 e. The van der Waals surface area contributed by atoms with Crippen LogP contribution in [0.1, 0.15) is 57.4 Å². The fourth-order valence-electron chi connectivity index (χ4n) is 2.17. The Balaban J connectivity index is 2.49. The van der Waals surface area contributed by atoms with Gasteiger partial charge in [-0.2, -0.15) is 0 Å². The fourth-order valence-corrected chi connectivity index (χ4v) is 2.17. The molecule has 0 amide bonds. The van der Waals surface area contributed by atoms with Crippen molar-refractivity contribution in [2.75, 3.05) is 0 Å². The highest BCUT2D eigenvalue weighted by molar-refractivity contribution is 6.48. The largest absolute Gasteiger partial charge is 0.411 e. The Bertz CT molecular complexity index is 427. The number of nitrogens with zero attached hydrogens (tertiary/aromatic N) is 2. The van der Waals surface area contributed by atoms with E-state index >= 15 is 0 Å². The normalized spacial score (nSPS) is 12.7. The highest BCUT2D eigenvalue weighted by Crippen LogP contribution is 2.11. The van der Waals surface area contributed by atoms with Gasteiger partial charge in [-0.1, -0.05) is 79.7 Å². The summed E-state index contributed by atoms with van der Waals surface area (Å²) in [7, 11) is 0. The Hall–Kier alpha value is -1.84. The van der Waals surface area contributed by atoms with Crippen LogP contribution < -0.4 is 0 Å². The summed E-state index contributed by atoms with van der Waals surface area (Å²) < 4.78 is 0. The van der Waals surface area contributed by atoms with Gasteiger partial charge in [-0.15, -0.1) is 0 Å². The van der Waals surface area contributed by atoms with Gasteiger partial charge in [0, 0.05) is 5.56 Å². The topological polar surface area (TPSA) is 65.2 Å². The van der Waals surface area contributed by atoms with Gasteiger partial charge in [-0.3, -0.25) is 0 Å². The maximum Gasteiger partial charge on any atom is 0.134 e. The van der Waals surface area contributed by atoms with E-state index in [1.54, 1.807) is 0 Å². The summed E-state index contributed by atoms with van der Waals surface area (Å²) >= 11 is 0. The van der Waals surface area contributed by atoms with E-state index in [1.165, 1.54) is 25.7 Å². The Kier molecular flexibility index (Phi) is 8.11. The van der Waals surface area contributed by atoms with Gasteiger partial charge in [0.05, 0.1) is 0 Å². The Morgan fingerprint density at radius 1 is 0.900 bits per heavy atom. The molecule has 0 aliphatic rings. The van der Waals surface area contributed by atoms with Crippen LogP contribution in [0.15, 0.2) is 40.6 Å². The molecule has 0 spiro atoms. The van der Waals surface area contributed by atoms with E-state index in [9.17, 15) is 0 Å². The summed E-state index contributed by atoms with van der Waals surface area (Å²) in [5.41, 5.74) is 1.55. The number of hydrogen-bond donors (Lipinski definition) is 2. The van der Waals surface area contributed by atoms with E-state index in [0.717, 1.165) is 18.4 Å². The van der Waals surface area contributed by atoms with E-state index in [-0.39, 0.29) is 0 Å². The van der Waals surface area contributed by atoms with Gasteiger partial charge in [-0.25, -0.2) is 0 Å². The van der Waals surface area contributed by atoms with Crippen molar-refractivity contribution in [2.24, 2.45) is 10.3 Å². The molecule has 0 unspecified atom stereocenters. The molecule has 1 rings (SSSR count). The summed E-state index contributed by atoms with van der Waals surface area (Å²) in [4.78, 5) is 0. The van der Waals surface area contributed by atoms with E-state index in [0.29, 0.717) is 17.8 Å². The molecule has 1 aromatic carbocycles. The zero-order valence-electron chi connectivity index (χ0n) is 12.1. The first-order valence-electron chi connectivity index (χ1n) is 7.32. The van der Waals surface area contributed by atoms with Gasteiger partial charge in [-0.05, 0) is 12.8 Å². The SMILES string of the molecule is CCCCCCCCC(=N\O)/C(=N\O)c1ccccc1. The lowest BCUT2D eigenvalue weighted by molar-refractivity contribution is 0.313. The first kappa shape index (κ1) is 16.2. The number of oxime groups is 2. The maximum absolute atomic E-state index is 9.15. The first-order valence-corrected chi connectivity index (χ1v) is 7.32.